The standard InChI is InChI=1S/C15H24N2OS/c1-12-6-8-14(9-7-12)19-13(2)15(18)16-10-5-11-17(3)4/h6-9,13H,5,10-11H2,1-4H3,(H,16,18). The highest BCUT2D eigenvalue weighted by Crippen LogP contribution is 2.23. The first kappa shape index (κ1) is 16.1. The molecule has 0 heterocycles. The van der Waals surface area contributed by atoms with Crippen LogP contribution in [-0.2, 0) is 4.79 Å². The van der Waals surface area contributed by atoms with Crippen molar-refractivity contribution in [2.24, 2.45) is 0 Å². The van der Waals surface area contributed by atoms with E-state index in [1.54, 1.807) is 11.8 Å². The number of nitrogens with zero attached hydrogens (tertiary/aromatic N) is 1. The second-order valence-corrected chi connectivity index (χ2v) is 6.44. The predicted molar refractivity (Wildman–Crippen MR) is 82.7 cm³/mol. The number of hydrogen-bond donors (Lipinski definition) is 1. The molecule has 0 spiro atoms. The summed E-state index contributed by atoms with van der Waals surface area (Å²) in [5.41, 5.74) is 1.24. The maximum atomic E-state index is 11.9. The van der Waals surface area contributed by atoms with Gasteiger partial charge in [-0.1, -0.05) is 17.7 Å². The van der Waals surface area contributed by atoms with Crippen LogP contribution in [0, 0.1) is 6.92 Å². The van der Waals surface area contributed by atoms with Gasteiger partial charge in [0.05, 0.1) is 5.25 Å². The van der Waals surface area contributed by atoms with Crippen LogP contribution in [0.4, 0.5) is 0 Å². The number of benzene rings is 1. The van der Waals surface area contributed by atoms with Gasteiger partial charge in [-0.15, -0.1) is 11.8 Å². The first-order chi connectivity index (χ1) is 8.99. The van der Waals surface area contributed by atoms with Crippen molar-refractivity contribution in [3.05, 3.63) is 29.8 Å². The van der Waals surface area contributed by atoms with Gasteiger partial charge >= 0.3 is 0 Å². The first-order valence-corrected chi connectivity index (χ1v) is 7.53. The van der Waals surface area contributed by atoms with Crippen LogP contribution in [0.1, 0.15) is 18.9 Å². The van der Waals surface area contributed by atoms with Crippen molar-refractivity contribution in [1.82, 2.24) is 10.2 Å². The molecule has 1 N–H and O–H groups in total. The van der Waals surface area contributed by atoms with Gasteiger partial charge in [-0.05, 0) is 53.0 Å². The lowest BCUT2D eigenvalue weighted by atomic mass is 10.2. The molecule has 1 amide bonds. The van der Waals surface area contributed by atoms with Crippen molar-refractivity contribution in [3.8, 4) is 0 Å². The molecule has 0 saturated carbocycles. The number of aryl methyl sites for hydroxylation is 1. The van der Waals surface area contributed by atoms with Crippen molar-refractivity contribution < 1.29 is 4.79 Å². The lowest BCUT2D eigenvalue weighted by Gasteiger charge is -2.13. The van der Waals surface area contributed by atoms with E-state index >= 15 is 0 Å². The van der Waals surface area contributed by atoms with E-state index in [-0.39, 0.29) is 11.2 Å². The van der Waals surface area contributed by atoms with Crippen molar-refractivity contribution in [1.29, 1.82) is 0 Å². The van der Waals surface area contributed by atoms with E-state index in [1.165, 1.54) is 5.56 Å². The molecule has 1 aromatic rings. The Hall–Kier alpha value is -1.00. The molecule has 1 rings (SSSR count). The Kier molecular flexibility index (Phi) is 6.95. The SMILES string of the molecule is Cc1ccc(SC(C)C(=O)NCCCN(C)C)cc1. The smallest absolute Gasteiger partial charge is 0.233 e. The summed E-state index contributed by atoms with van der Waals surface area (Å²) in [6.07, 6.45) is 0.987. The van der Waals surface area contributed by atoms with E-state index in [0.29, 0.717) is 0 Å². The van der Waals surface area contributed by atoms with Crippen molar-refractivity contribution in [3.63, 3.8) is 0 Å². The zero-order valence-corrected chi connectivity index (χ0v) is 13.1. The lowest BCUT2D eigenvalue weighted by molar-refractivity contribution is -0.120. The van der Waals surface area contributed by atoms with Gasteiger partial charge in [-0.25, -0.2) is 0 Å². The van der Waals surface area contributed by atoms with Crippen LogP contribution >= 0.6 is 11.8 Å². The maximum Gasteiger partial charge on any atom is 0.233 e. The summed E-state index contributed by atoms with van der Waals surface area (Å²) in [5, 5.41) is 2.93. The second kappa shape index (κ2) is 8.23. The number of amides is 1. The van der Waals surface area contributed by atoms with Gasteiger partial charge in [-0.2, -0.15) is 0 Å². The zero-order chi connectivity index (χ0) is 14.3. The molecule has 0 aromatic heterocycles. The molecule has 0 aliphatic carbocycles. The second-order valence-electron chi connectivity index (χ2n) is 5.02. The van der Waals surface area contributed by atoms with E-state index in [4.69, 9.17) is 0 Å². The maximum absolute atomic E-state index is 11.9. The molecule has 0 aliphatic heterocycles. The molecular formula is C15H24N2OS. The fourth-order valence-corrected chi connectivity index (χ4v) is 2.52. The molecular weight excluding hydrogens is 256 g/mol. The van der Waals surface area contributed by atoms with Crippen molar-refractivity contribution in [2.75, 3.05) is 27.2 Å². The summed E-state index contributed by atoms with van der Waals surface area (Å²) >= 11 is 1.60. The Balaban J connectivity index is 2.30. The fraction of sp³-hybridized carbons (Fsp3) is 0.533. The Labute approximate surface area is 120 Å². The zero-order valence-electron chi connectivity index (χ0n) is 12.3. The topological polar surface area (TPSA) is 32.3 Å². The highest BCUT2D eigenvalue weighted by Gasteiger charge is 2.13. The van der Waals surface area contributed by atoms with Gasteiger partial charge in [0, 0.05) is 11.4 Å². The highest BCUT2D eigenvalue weighted by atomic mass is 32.2. The van der Waals surface area contributed by atoms with Crippen LogP contribution in [0.5, 0.6) is 0 Å². The summed E-state index contributed by atoms with van der Waals surface area (Å²) in [6.45, 7) is 5.76. The Morgan fingerprint density at radius 1 is 1.32 bits per heavy atom. The van der Waals surface area contributed by atoms with Crippen molar-refractivity contribution in [2.45, 2.75) is 30.4 Å². The minimum Gasteiger partial charge on any atom is -0.355 e. The van der Waals surface area contributed by atoms with Crippen LogP contribution in [0.3, 0.4) is 0 Å². The average Bonchev–Trinajstić information content (AvgIpc) is 2.36. The van der Waals surface area contributed by atoms with Crippen LogP contribution in [0.25, 0.3) is 0 Å². The minimum atomic E-state index is -0.0536. The van der Waals surface area contributed by atoms with Gasteiger partial charge in [0.15, 0.2) is 0 Å². The van der Waals surface area contributed by atoms with Crippen LogP contribution in [0.15, 0.2) is 29.2 Å². The molecule has 1 atom stereocenters. The number of thioether (sulfide) groups is 1. The molecule has 0 radical (unpaired) electrons. The first-order valence-electron chi connectivity index (χ1n) is 6.65. The third kappa shape index (κ3) is 6.64. The number of carbonyl (C=O) groups is 1. The molecule has 0 aliphatic rings. The normalized spacial score (nSPS) is 12.5. The van der Waals surface area contributed by atoms with Gasteiger partial charge in [0.25, 0.3) is 0 Å². The quantitative estimate of drug-likeness (QED) is 0.615. The van der Waals surface area contributed by atoms with Crippen LogP contribution < -0.4 is 5.32 Å². The number of nitrogens with one attached hydrogen (secondary N) is 1. The molecule has 3 nitrogen and oxygen atoms in total. The van der Waals surface area contributed by atoms with Gasteiger partial charge in [0.1, 0.15) is 0 Å². The lowest BCUT2D eigenvalue weighted by Crippen LogP contribution is -2.32. The average molecular weight is 280 g/mol. The van der Waals surface area contributed by atoms with E-state index in [0.717, 1.165) is 24.4 Å². The monoisotopic (exact) mass is 280 g/mol. The number of hydrogen-bond acceptors (Lipinski definition) is 3. The Morgan fingerprint density at radius 2 is 1.95 bits per heavy atom. The van der Waals surface area contributed by atoms with Gasteiger partial charge in [0.2, 0.25) is 5.91 Å². The van der Waals surface area contributed by atoms with E-state index in [9.17, 15) is 4.79 Å². The van der Waals surface area contributed by atoms with E-state index in [1.807, 2.05) is 21.0 Å². The molecule has 0 saturated heterocycles. The molecule has 4 heteroatoms. The minimum absolute atomic E-state index is 0.0536. The highest BCUT2D eigenvalue weighted by molar-refractivity contribution is 8.00. The number of carbonyl (C=O) groups excluding carboxylic acids is 1. The van der Waals surface area contributed by atoms with E-state index < -0.39 is 0 Å². The van der Waals surface area contributed by atoms with Gasteiger partial charge in [-0.3, -0.25) is 4.79 Å². The molecule has 106 valence electrons. The van der Waals surface area contributed by atoms with Crippen LogP contribution in [0.2, 0.25) is 0 Å². The Morgan fingerprint density at radius 3 is 2.53 bits per heavy atom. The molecule has 0 fully saturated rings. The predicted octanol–water partition coefficient (Wildman–Crippen LogP) is 2.54. The van der Waals surface area contributed by atoms with E-state index in [2.05, 4.69) is 41.4 Å². The largest absolute Gasteiger partial charge is 0.355 e. The summed E-state index contributed by atoms with van der Waals surface area (Å²) in [7, 11) is 4.08. The Bertz CT molecular complexity index is 390. The summed E-state index contributed by atoms with van der Waals surface area (Å²) in [4.78, 5) is 15.2. The number of rotatable bonds is 7. The third-order valence-corrected chi connectivity index (χ3v) is 3.90. The van der Waals surface area contributed by atoms with Crippen molar-refractivity contribution >= 4 is 17.7 Å². The molecule has 1 unspecified atom stereocenters. The summed E-state index contributed by atoms with van der Waals surface area (Å²) < 4.78 is 0. The van der Waals surface area contributed by atoms with Crippen LogP contribution in [-0.4, -0.2) is 43.2 Å². The summed E-state index contributed by atoms with van der Waals surface area (Å²) in [6, 6.07) is 8.28. The molecule has 0 bridgehead atoms. The van der Waals surface area contributed by atoms with Gasteiger partial charge < -0.3 is 10.2 Å². The fourth-order valence-electron chi connectivity index (χ4n) is 1.63. The third-order valence-electron chi connectivity index (χ3n) is 2.78. The molecule has 19 heavy (non-hydrogen) atoms. The summed E-state index contributed by atoms with van der Waals surface area (Å²) in [5.74, 6) is 0.115. The molecule has 1 aromatic carbocycles.